The van der Waals surface area contributed by atoms with E-state index in [2.05, 4.69) is 53.4 Å². The highest BCUT2D eigenvalue weighted by Gasteiger charge is 2.50. The van der Waals surface area contributed by atoms with E-state index in [1.54, 1.807) is 12.1 Å². The van der Waals surface area contributed by atoms with Gasteiger partial charge in [0.05, 0.1) is 6.54 Å². The summed E-state index contributed by atoms with van der Waals surface area (Å²) in [5, 5.41) is 10.2. The van der Waals surface area contributed by atoms with Gasteiger partial charge in [0.1, 0.15) is 18.0 Å². The van der Waals surface area contributed by atoms with Crippen LogP contribution >= 0.6 is 11.6 Å². The van der Waals surface area contributed by atoms with E-state index in [1.165, 1.54) is 11.1 Å². The molecule has 2 aliphatic heterocycles. The second kappa shape index (κ2) is 7.87. The van der Waals surface area contributed by atoms with Gasteiger partial charge in [-0.2, -0.15) is 0 Å². The lowest BCUT2D eigenvalue weighted by Gasteiger charge is -2.44. The van der Waals surface area contributed by atoms with E-state index >= 15 is 0 Å². The lowest BCUT2D eigenvalue weighted by molar-refractivity contribution is -0.162. The zero-order valence-electron chi connectivity index (χ0n) is 18.2. The fraction of sp³-hybridized carbons (Fsp3) is 0.296. The van der Waals surface area contributed by atoms with Gasteiger partial charge in [0, 0.05) is 30.7 Å². The van der Waals surface area contributed by atoms with E-state index in [-0.39, 0.29) is 24.3 Å². The van der Waals surface area contributed by atoms with Crippen molar-refractivity contribution in [3.63, 3.8) is 0 Å². The number of morpholine rings is 1. The molecule has 1 N–H and O–H groups in total. The lowest BCUT2D eigenvalue weighted by atomic mass is 9.88. The minimum absolute atomic E-state index is 0.0528. The first kappa shape index (κ1) is 20.7. The Hall–Kier alpha value is -2.86. The van der Waals surface area contributed by atoms with Crippen LogP contribution in [0, 0.1) is 0 Å². The van der Waals surface area contributed by atoms with Crippen LogP contribution < -0.4 is 0 Å². The van der Waals surface area contributed by atoms with Gasteiger partial charge >= 0.3 is 0 Å². The number of nitrogens with zero attached hydrogens (tertiary/aromatic N) is 2. The van der Waals surface area contributed by atoms with E-state index in [4.69, 9.17) is 16.3 Å². The molecular formula is C27H25ClN2O3. The van der Waals surface area contributed by atoms with Crippen LogP contribution in [0.1, 0.15) is 23.1 Å². The highest BCUT2D eigenvalue weighted by atomic mass is 35.5. The molecule has 3 aromatic carbocycles. The van der Waals surface area contributed by atoms with E-state index in [1.807, 2.05) is 11.0 Å². The van der Waals surface area contributed by atoms with Crippen LogP contribution in [-0.2, 0) is 21.7 Å². The quantitative estimate of drug-likeness (QED) is 0.629. The van der Waals surface area contributed by atoms with Gasteiger partial charge in [0.15, 0.2) is 0 Å². The molecule has 0 bridgehead atoms. The molecule has 1 aliphatic carbocycles. The Morgan fingerprint density at radius 1 is 1.03 bits per heavy atom. The monoisotopic (exact) mass is 460 g/mol. The molecule has 2 fully saturated rings. The molecule has 2 heterocycles. The molecule has 0 radical (unpaired) electrons. The minimum Gasteiger partial charge on any atom is -0.508 e. The van der Waals surface area contributed by atoms with E-state index in [9.17, 15) is 9.90 Å². The summed E-state index contributed by atoms with van der Waals surface area (Å²) in [6.45, 7) is 3.00. The summed E-state index contributed by atoms with van der Waals surface area (Å²) >= 11 is 6.33. The van der Waals surface area contributed by atoms with Gasteiger partial charge in [0.25, 0.3) is 0 Å². The van der Waals surface area contributed by atoms with Gasteiger partial charge < -0.3 is 14.7 Å². The third-order valence-electron chi connectivity index (χ3n) is 7.29. The number of amides is 1. The van der Waals surface area contributed by atoms with E-state index in [0.29, 0.717) is 18.1 Å². The number of hydrogen-bond acceptors (Lipinski definition) is 4. The molecule has 0 saturated carbocycles. The first-order chi connectivity index (χ1) is 16.0. The molecule has 5 nitrogen and oxygen atoms in total. The number of aromatic hydroxyl groups is 1. The number of benzene rings is 3. The highest BCUT2D eigenvalue weighted by Crippen LogP contribution is 2.51. The zero-order chi connectivity index (χ0) is 22.6. The molecule has 3 aromatic rings. The molecule has 6 rings (SSSR count). The SMILES string of the molecule is O=C1COC2(CN1C1CCN(Cc3ccc(O)cc3Cl)C1)c1ccccc1-c1ccccc12. The Labute approximate surface area is 198 Å². The number of carbonyl (C=O) groups excluding carboxylic acids is 1. The number of carbonyl (C=O) groups is 1. The van der Waals surface area contributed by atoms with Crippen LogP contribution in [0.25, 0.3) is 11.1 Å². The Bertz CT molecular complexity index is 1200. The molecule has 33 heavy (non-hydrogen) atoms. The van der Waals surface area contributed by atoms with Crippen molar-refractivity contribution in [2.24, 2.45) is 0 Å². The number of likely N-dealkylation sites (tertiary alicyclic amines) is 1. The predicted octanol–water partition coefficient (Wildman–Crippen LogP) is 4.40. The fourth-order valence-electron chi connectivity index (χ4n) is 5.70. The fourth-order valence-corrected chi connectivity index (χ4v) is 5.94. The van der Waals surface area contributed by atoms with Crippen LogP contribution in [-0.4, -0.2) is 53.1 Å². The number of hydrogen-bond donors (Lipinski definition) is 1. The molecule has 3 aliphatic rings. The normalized spacial score (nSPS) is 21.4. The molecule has 0 aromatic heterocycles. The Balaban J connectivity index is 1.27. The Morgan fingerprint density at radius 3 is 2.42 bits per heavy atom. The number of fused-ring (bicyclic) bond motifs is 5. The van der Waals surface area contributed by atoms with Gasteiger partial charge in [-0.25, -0.2) is 0 Å². The molecule has 1 spiro atoms. The molecule has 1 atom stereocenters. The third-order valence-corrected chi connectivity index (χ3v) is 7.64. The number of ether oxygens (including phenoxy) is 1. The summed E-state index contributed by atoms with van der Waals surface area (Å²) in [6, 6.07) is 22.0. The Morgan fingerprint density at radius 2 is 1.73 bits per heavy atom. The standard InChI is InChI=1S/C27H25ClN2O3/c28-25-13-20(31)10-9-18(25)14-29-12-11-19(15-29)30-17-27(33-16-26(30)32)23-7-3-1-5-21(23)22-6-2-4-8-24(22)27/h1-10,13,19,31H,11-12,14-17H2. The molecule has 6 heteroatoms. The van der Waals surface area contributed by atoms with Gasteiger partial charge in [-0.05, 0) is 46.4 Å². The van der Waals surface area contributed by atoms with Crippen molar-refractivity contribution in [2.75, 3.05) is 26.2 Å². The van der Waals surface area contributed by atoms with Gasteiger partial charge in [-0.1, -0.05) is 66.2 Å². The molecule has 2 saturated heterocycles. The lowest BCUT2D eigenvalue weighted by Crippen LogP contribution is -2.56. The third kappa shape index (κ3) is 3.34. The summed E-state index contributed by atoms with van der Waals surface area (Å²) in [5.74, 6) is 0.224. The van der Waals surface area contributed by atoms with Crippen LogP contribution in [0.15, 0.2) is 66.7 Å². The molecule has 1 unspecified atom stereocenters. The smallest absolute Gasteiger partial charge is 0.249 e. The van der Waals surface area contributed by atoms with Crippen molar-refractivity contribution in [1.29, 1.82) is 0 Å². The summed E-state index contributed by atoms with van der Waals surface area (Å²) in [4.78, 5) is 17.4. The minimum atomic E-state index is -0.616. The summed E-state index contributed by atoms with van der Waals surface area (Å²) < 4.78 is 6.38. The number of halogens is 1. The summed E-state index contributed by atoms with van der Waals surface area (Å²) in [6.07, 6.45) is 0.917. The van der Waals surface area contributed by atoms with Crippen molar-refractivity contribution in [3.05, 3.63) is 88.4 Å². The van der Waals surface area contributed by atoms with Crippen LogP contribution in [0.5, 0.6) is 5.75 Å². The summed E-state index contributed by atoms with van der Waals surface area (Å²) in [5.41, 5.74) is 5.05. The van der Waals surface area contributed by atoms with Crippen molar-refractivity contribution in [1.82, 2.24) is 9.80 Å². The molecule has 1 amide bonds. The maximum absolute atomic E-state index is 13.0. The first-order valence-corrected chi connectivity index (χ1v) is 11.8. The van der Waals surface area contributed by atoms with Crippen LogP contribution in [0.3, 0.4) is 0 Å². The van der Waals surface area contributed by atoms with Gasteiger partial charge in [-0.3, -0.25) is 9.69 Å². The van der Waals surface area contributed by atoms with Gasteiger partial charge in [-0.15, -0.1) is 0 Å². The predicted molar refractivity (Wildman–Crippen MR) is 127 cm³/mol. The number of phenols is 1. The van der Waals surface area contributed by atoms with Crippen molar-refractivity contribution in [2.45, 2.75) is 24.6 Å². The maximum Gasteiger partial charge on any atom is 0.249 e. The first-order valence-electron chi connectivity index (χ1n) is 11.4. The van der Waals surface area contributed by atoms with Crippen LogP contribution in [0.4, 0.5) is 0 Å². The topological polar surface area (TPSA) is 53.0 Å². The highest BCUT2D eigenvalue weighted by molar-refractivity contribution is 6.31. The second-order valence-electron chi connectivity index (χ2n) is 9.18. The van der Waals surface area contributed by atoms with Crippen molar-refractivity contribution < 1.29 is 14.6 Å². The Kier molecular flexibility index (Phi) is 4.94. The van der Waals surface area contributed by atoms with Crippen molar-refractivity contribution in [3.8, 4) is 16.9 Å². The average molecular weight is 461 g/mol. The average Bonchev–Trinajstić information content (AvgIpc) is 3.39. The van der Waals surface area contributed by atoms with Gasteiger partial charge in [0.2, 0.25) is 5.91 Å². The summed E-state index contributed by atoms with van der Waals surface area (Å²) in [7, 11) is 0. The molecule has 168 valence electrons. The van der Waals surface area contributed by atoms with E-state index in [0.717, 1.165) is 36.2 Å². The maximum atomic E-state index is 13.0. The largest absolute Gasteiger partial charge is 0.508 e. The number of phenolic OH excluding ortho intramolecular Hbond substituents is 1. The zero-order valence-corrected chi connectivity index (χ0v) is 19.0. The van der Waals surface area contributed by atoms with Crippen molar-refractivity contribution >= 4 is 17.5 Å². The van der Waals surface area contributed by atoms with Crippen LogP contribution in [0.2, 0.25) is 5.02 Å². The van der Waals surface area contributed by atoms with E-state index < -0.39 is 5.60 Å². The molecular weight excluding hydrogens is 436 g/mol. The second-order valence-corrected chi connectivity index (χ2v) is 9.59. The number of rotatable bonds is 3.